The van der Waals surface area contributed by atoms with Crippen molar-refractivity contribution in [3.05, 3.63) is 6.54 Å². The zero-order valence-corrected chi connectivity index (χ0v) is 6.79. The Bertz CT molecular complexity index is 153. The molecule has 2 unspecified atom stereocenters. The predicted octanol–water partition coefficient (Wildman–Crippen LogP) is 0.591. The third-order valence-corrected chi connectivity index (χ3v) is 3.43. The van der Waals surface area contributed by atoms with Crippen LogP contribution in [0.15, 0.2) is 0 Å². The van der Waals surface area contributed by atoms with E-state index in [0.717, 1.165) is 11.8 Å². The maximum atomic E-state index is 6.22. The van der Waals surface area contributed by atoms with E-state index in [4.69, 9.17) is 5.73 Å². The first kappa shape index (κ1) is 6.44. The number of hydrogen-bond donors (Lipinski definition) is 1. The molecule has 3 heterocycles. The molecule has 2 N–H and O–H groups in total. The lowest BCUT2D eigenvalue weighted by Crippen LogP contribution is -2.63. The van der Waals surface area contributed by atoms with Gasteiger partial charge in [-0.3, -0.25) is 4.90 Å². The van der Waals surface area contributed by atoms with Gasteiger partial charge in [-0.05, 0) is 31.1 Å². The van der Waals surface area contributed by atoms with E-state index in [1.807, 2.05) is 0 Å². The molecule has 4 rings (SSSR count). The van der Waals surface area contributed by atoms with Crippen molar-refractivity contribution in [3.63, 3.8) is 0 Å². The maximum Gasteiger partial charge on any atom is 0.0449 e. The molecule has 0 aromatic carbocycles. The molecule has 3 saturated heterocycles. The van der Waals surface area contributed by atoms with Crippen LogP contribution in [0.4, 0.5) is 0 Å². The van der Waals surface area contributed by atoms with Crippen LogP contribution in [0.3, 0.4) is 0 Å². The molecule has 4 aliphatic rings. The molecule has 0 amide bonds. The lowest BCUT2D eigenvalue weighted by Gasteiger charge is -2.56. The van der Waals surface area contributed by atoms with Crippen LogP contribution in [0.2, 0.25) is 0 Å². The van der Waals surface area contributed by atoms with Gasteiger partial charge in [0.25, 0.3) is 0 Å². The topological polar surface area (TPSA) is 29.3 Å². The summed E-state index contributed by atoms with van der Waals surface area (Å²) in [6.07, 6.45) is 3.95. The van der Waals surface area contributed by atoms with Gasteiger partial charge < -0.3 is 5.73 Å². The second-order valence-electron chi connectivity index (χ2n) is 4.69. The van der Waals surface area contributed by atoms with Crippen molar-refractivity contribution in [3.8, 4) is 0 Å². The van der Waals surface area contributed by atoms with Crippen LogP contribution in [0.5, 0.6) is 0 Å². The average Bonchev–Trinajstić information content (AvgIpc) is 1.79. The van der Waals surface area contributed by atoms with E-state index in [1.165, 1.54) is 32.4 Å². The Morgan fingerprint density at radius 2 is 1.91 bits per heavy atom. The van der Waals surface area contributed by atoms with Crippen molar-refractivity contribution >= 4 is 0 Å². The minimum absolute atomic E-state index is 0.101. The molecule has 4 fully saturated rings. The van der Waals surface area contributed by atoms with Crippen molar-refractivity contribution < 1.29 is 0 Å². The van der Waals surface area contributed by atoms with E-state index < -0.39 is 0 Å². The number of hydrogen-bond acceptors (Lipinski definition) is 2. The van der Waals surface area contributed by atoms with Gasteiger partial charge in [-0.15, -0.1) is 0 Å². The van der Waals surface area contributed by atoms with Gasteiger partial charge in [0.1, 0.15) is 0 Å². The zero-order chi connectivity index (χ0) is 7.47. The highest BCUT2D eigenvalue weighted by molar-refractivity contribution is 5.11. The second kappa shape index (κ2) is 1.80. The Kier molecular flexibility index (Phi) is 1.06. The van der Waals surface area contributed by atoms with E-state index in [1.54, 1.807) is 0 Å². The maximum absolute atomic E-state index is 6.22. The molecule has 2 heteroatoms. The summed E-state index contributed by atoms with van der Waals surface area (Å²) in [7, 11) is 0. The fraction of sp³-hybridized carbons (Fsp3) is 0.889. The molecule has 0 aromatic heterocycles. The standard InChI is InChI=1S/C9H15N2/c10-9-2-7-1-8(3-9)5-11(4-7)6-9/h6-8H,1-5,10H2. The van der Waals surface area contributed by atoms with Gasteiger partial charge in [0.15, 0.2) is 0 Å². The van der Waals surface area contributed by atoms with Crippen LogP contribution in [0.25, 0.3) is 0 Å². The molecule has 11 heavy (non-hydrogen) atoms. The fourth-order valence-corrected chi connectivity index (χ4v) is 3.39. The van der Waals surface area contributed by atoms with Gasteiger partial charge in [-0.2, -0.15) is 0 Å². The predicted molar refractivity (Wildman–Crippen MR) is 43.6 cm³/mol. The minimum atomic E-state index is 0.101. The Labute approximate surface area is 67.7 Å². The molecule has 3 aliphatic heterocycles. The van der Waals surface area contributed by atoms with Gasteiger partial charge in [0, 0.05) is 25.2 Å². The Balaban J connectivity index is 1.94. The largest absolute Gasteiger partial charge is 0.324 e. The van der Waals surface area contributed by atoms with Gasteiger partial charge in [0.05, 0.1) is 0 Å². The lowest BCUT2D eigenvalue weighted by atomic mass is 9.64. The summed E-state index contributed by atoms with van der Waals surface area (Å²) >= 11 is 0. The molecule has 0 spiro atoms. The molecule has 4 bridgehead atoms. The first-order chi connectivity index (χ1) is 5.23. The minimum Gasteiger partial charge on any atom is -0.324 e. The molecule has 1 aliphatic carbocycles. The first-order valence-corrected chi connectivity index (χ1v) is 4.62. The average molecular weight is 151 g/mol. The summed E-state index contributed by atoms with van der Waals surface area (Å²) in [5.74, 6) is 1.83. The highest BCUT2D eigenvalue weighted by Crippen LogP contribution is 2.46. The van der Waals surface area contributed by atoms with Crippen molar-refractivity contribution in [2.75, 3.05) is 13.1 Å². The van der Waals surface area contributed by atoms with Crippen LogP contribution in [0, 0.1) is 18.4 Å². The van der Waals surface area contributed by atoms with E-state index >= 15 is 0 Å². The Morgan fingerprint density at radius 1 is 1.27 bits per heavy atom. The van der Waals surface area contributed by atoms with Crippen LogP contribution < -0.4 is 5.73 Å². The van der Waals surface area contributed by atoms with Crippen LogP contribution in [-0.2, 0) is 0 Å². The van der Waals surface area contributed by atoms with E-state index in [-0.39, 0.29) is 5.54 Å². The van der Waals surface area contributed by atoms with Crippen LogP contribution >= 0.6 is 0 Å². The fourth-order valence-electron chi connectivity index (χ4n) is 3.39. The SMILES string of the molecule is NC12[CH]N3CC(CC(C3)C1)C2. The van der Waals surface area contributed by atoms with Crippen molar-refractivity contribution in [1.29, 1.82) is 0 Å². The second-order valence-corrected chi connectivity index (χ2v) is 4.69. The molecular weight excluding hydrogens is 136 g/mol. The third kappa shape index (κ3) is 0.859. The van der Waals surface area contributed by atoms with Gasteiger partial charge >= 0.3 is 0 Å². The third-order valence-electron chi connectivity index (χ3n) is 3.43. The van der Waals surface area contributed by atoms with Crippen LogP contribution in [-0.4, -0.2) is 23.5 Å². The summed E-state index contributed by atoms with van der Waals surface area (Å²) in [4.78, 5) is 2.45. The molecule has 0 aromatic rings. The van der Waals surface area contributed by atoms with Crippen LogP contribution in [0.1, 0.15) is 19.3 Å². The molecule has 1 saturated carbocycles. The smallest absolute Gasteiger partial charge is 0.0449 e. The number of nitrogens with two attached hydrogens (primary N) is 1. The van der Waals surface area contributed by atoms with Gasteiger partial charge in [-0.25, -0.2) is 0 Å². The molecule has 2 nitrogen and oxygen atoms in total. The van der Waals surface area contributed by atoms with Gasteiger partial charge in [-0.1, -0.05) is 0 Å². The van der Waals surface area contributed by atoms with Crippen molar-refractivity contribution in [2.45, 2.75) is 24.8 Å². The normalized spacial score (nSPS) is 60.3. The Morgan fingerprint density at radius 3 is 2.36 bits per heavy atom. The number of nitrogens with zero attached hydrogens (tertiary/aromatic N) is 1. The summed E-state index contributed by atoms with van der Waals surface area (Å²) in [6, 6.07) is 0. The summed E-state index contributed by atoms with van der Waals surface area (Å²) in [6.45, 7) is 4.87. The molecule has 61 valence electrons. The molecule has 1 radical (unpaired) electrons. The highest BCUT2D eigenvalue weighted by Gasteiger charge is 2.48. The van der Waals surface area contributed by atoms with E-state index in [0.29, 0.717) is 0 Å². The summed E-state index contributed by atoms with van der Waals surface area (Å²) in [5.41, 5.74) is 6.32. The number of piperidine rings is 3. The zero-order valence-electron chi connectivity index (χ0n) is 6.79. The first-order valence-electron chi connectivity index (χ1n) is 4.62. The van der Waals surface area contributed by atoms with E-state index in [9.17, 15) is 0 Å². The van der Waals surface area contributed by atoms with E-state index in [2.05, 4.69) is 11.4 Å². The molecule has 2 atom stereocenters. The number of rotatable bonds is 0. The lowest BCUT2D eigenvalue weighted by molar-refractivity contribution is 0.000869. The Hall–Kier alpha value is -0.0800. The summed E-state index contributed by atoms with van der Waals surface area (Å²) in [5, 5.41) is 0. The highest BCUT2D eigenvalue weighted by atomic mass is 15.2. The monoisotopic (exact) mass is 151 g/mol. The quantitative estimate of drug-likeness (QED) is 0.549. The molecular formula is C9H15N2. The van der Waals surface area contributed by atoms with Gasteiger partial charge in [0.2, 0.25) is 0 Å². The summed E-state index contributed by atoms with van der Waals surface area (Å²) < 4.78 is 0. The van der Waals surface area contributed by atoms with Crippen molar-refractivity contribution in [1.82, 2.24) is 4.90 Å². The van der Waals surface area contributed by atoms with Crippen molar-refractivity contribution in [2.24, 2.45) is 17.6 Å².